The largest absolute Gasteiger partial charge is 0.452 e. The standard InChI is InChI=1S/C18H22O6/c1-11(2)17(21)23-15(9-19)13-5-7-14(8-6-13)16(10-20)24-18(22)12(3)4/h5-8,15-16,19-20H,1,3,9-10H2,2,4H3. The molecule has 0 aliphatic carbocycles. The number of ether oxygens (including phenoxy) is 2. The van der Waals surface area contributed by atoms with Crippen molar-refractivity contribution in [3.05, 3.63) is 59.7 Å². The Morgan fingerprint density at radius 3 is 1.38 bits per heavy atom. The van der Waals surface area contributed by atoms with Crippen LogP contribution in [0.3, 0.4) is 0 Å². The van der Waals surface area contributed by atoms with Crippen LogP contribution in [0.4, 0.5) is 0 Å². The minimum atomic E-state index is -0.825. The summed E-state index contributed by atoms with van der Waals surface area (Å²) in [5, 5.41) is 18.8. The normalized spacial score (nSPS) is 12.8. The number of rotatable bonds is 8. The second-order valence-electron chi connectivity index (χ2n) is 5.38. The van der Waals surface area contributed by atoms with Crippen LogP contribution in [0.1, 0.15) is 37.2 Å². The predicted octanol–water partition coefficient (Wildman–Crippen LogP) is 1.99. The van der Waals surface area contributed by atoms with E-state index in [1.165, 1.54) is 13.8 Å². The molecule has 0 spiro atoms. The van der Waals surface area contributed by atoms with Gasteiger partial charge in [-0.05, 0) is 25.0 Å². The Morgan fingerprint density at radius 2 is 1.17 bits per heavy atom. The zero-order chi connectivity index (χ0) is 18.3. The fourth-order valence-electron chi connectivity index (χ4n) is 1.81. The Morgan fingerprint density at radius 1 is 0.875 bits per heavy atom. The second-order valence-corrected chi connectivity index (χ2v) is 5.38. The molecular formula is C18H22O6. The van der Waals surface area contributed by atoms with Crippen LogP contribution in [0.25, 0.3) is 0 Å². The van der Waals surface area contributed by atoms with Crippen LogP contribution in [-0.4, -0.2) is 35.4 Å². The fourth-order valence-corrected chi connectivity index (χ4v) is 1.81. The van der Waals surface area contributed by atoms with Crippen LogP contribution in [0.2, 0.25) is 0 Å². The van der Waals surface area contributed by atoms with Gasteiger partial charge >= 0.3 is 11.9 Å². The molecule has 0 heterocycles. The van der Waals surface area contributed by atoms with E-state index in [0.29, 0.717) is 11.1 Å². The number of aliphatic hydroxyl groups excluding tert-OH is 2. The Kier molecular flexibility index (Phi) is 7.35. The van der Waals surface area contributed by atoms with Crippen molar-refractivity contribution in [1.29, 1.82) is 0 Å². The number of benzene rings is 1. The summed E-state index contributed by atoms with van der Waals surface area (Å²) in [7, 11) is 0. The molecule has 2 atom stereocenters. The van der Waals surface area contributed by atoms with E-state index in [-0.39, 0.29) is 24.4 Å². The third-order valence-corrected chi connectivity index (χ3v) is 3.21. The van der Waals surface area contributed by atoms with Gasteiger partial charge in [-0.25, -0.2) is 9.59 Å². The minimum Gasteiger partial charge on any atom is -0.452 e. The Labute approximate surface area is 141 Å². The minimum absolute atomic E-state index is 0.233. The van der Waals surface area contributed by atoms with Crippen LogP contribution in [0.5, 0.6) is 0 Å². The molecule has 0 saturated carbocycles. The first kappa shape index (κ1) is 19.6. The van der Waals surface area contributed by atoms with Crippen molar-refractivity contribution in [3.8, 4) is 0 Å². The first-order chi connectivity index (χ1) is 11.3. The summed E-state index contributed by atoms with van der Waals surface area (Å²) >= 11 is 0. The van der Waals surface area contributed by atoms with Gasteiger partial charge < -0.3 is 19.7 Å². The topological polar surface area (TPSA) is 93.1 Å². The summed E-state index contributed by atoms with van der Waals surface area (Å²) in [5.41, 5.74) is 1.60. The molecule has 1 aromatic carbocycles. The smallest absolute Gasteiger partial charge is 0.333 e. The molecule has 1 rings (SSSR count). The Hall–Kier alpha value is -2.44. The van der Waals surface area contributed by atoms with Crippen LogP contribution < -0.4 is 0 Å². The lowest BCUT2D eigenvalue weighted by Gasteiger charge is -2.19. The highest BCUT2D eigenvalue weighted by Gasteiger charge is 2.19. The highest BCUT2D eigenvalue weighted by molar-refractivity contribution is 5.87. The van der Waals surface area contributed by atoms with Crippen LogP contribution in [-0.2, 0) is 19.1 Å². The van der Waals surface area contributed by atoms with E-state index in [4.69, 9.17) is 9.47 Å². The number of carbonyl (C=O) groups is 2. The van der Waals surface area contributed by atoms with Crippen LogP contribution in [0.15, 0.2) is 48.6 Å². The first-order valence-corrected chi connectivity index (χ1v) is 7.34. The molecule has 0 fully saturated rings. The predicted molar refractivity (Wildman–Crippen MR) is 87.9 cm³/mol. The van der Waals surface area contributed by atoms with Gasteiger partial charge in [-0.2, -0.15) is 0 Å². The van der Waals surface area contributed by atoms with Gasteiger partial charge in [-0.3, -0.25) is 0 Å². The van der Waals surface area contributed by atoms with E-state index in [2.05, 4.69) is 13.2 Å². The van der Waals surface area contributed by atoms with Gasteiger partial charge in [0.25, 0.3) is 0 Å². The summed E-state index contributed by atoms with van der Waals surface area (Å²) in [6, 6.07) is 6.50. The molecule has 0 aromatic heterocycles. The molecule has 0 bridgehead atoms. The summed E-state index contributed by atoms with van der Waals surface area (Å²) in [5.74, 6) is -1.19. The number of carbonyl (C=O) groups excluding carboxylic acids is 2. The number of esters is 2. The van der Waals surface area contributed by atoms with Crippen molar-refractivity contribution in [2.75, 3.05) is 13.2 Å². The van der Waals surface area contributed by atoms with Gasteiger partial charge in [0.15, 0.2) is 12.2 Å². The maximum atomic E-state index is 11.6. The molecule has 0 saturated heterocycles. The number of hydrogen-bond donors (Lipinski definition) is 2. The molecule has 6 heteroatoms. The van der Waals surface area contributed by atoms with Crippen molar-refractivity contribution in [2.45, 2.75) is 26.1 Å². The molecule has 2 N–H and O–H groups in total. The fraction of sp³-hybridized carbons (Fsp3) is 0.333. The van der Waals surface area contributed by atoms with Gasteiger partial charge in [0.2, 0.25) is 0 Å². The summed E-state index contributed by atoms with van der Waals surface area (Å²) in [6.45, 7) is 9.24. The Balaban J connectivity index is 2.89. The summed E-state index contributed by atoms with van der Waals surface area (Å²) in [6.07, 6.45) is -1.65. The van der Waals surface area contributed by atoms with E-state index in [1.807, 2.05) is 0 Å². The van der Waals surface area contributed by atoms with Crippen molar-refractivity contribution < 1.29 is 29.3 Å². The van der Waals surface area contributed by atoms with Crippen molar-refractivity contribution >= 4 is 11.9 Å². The highest BCUT2D eigenvalue weighted by Crippen LogP contribution is 2.23. The molecule has 130 valence electrons. The molecule has 0 aliphatic heterocycles. The average molecular weight is 334 g/mol. The average Bonchev–Trinajstić information content (AvgIpc) is 2.57. The van der Waals surface area contributed by atoms with Gasteiger partial charge in [0.05, 0.1) is 13.2 Å². The number of aliphatic hydroxyl groups is 2. The molecule has 1 aromatic rings. The highest BCUT2D eigenvalue weighted by atomic mass is 16.6. The molecular weight excluding hydrogens is 312 g/mol. The van der Waals surface area contributed by atoms with Gasteiger partial charge in [0, 0.05) is 11.1 Å². The SMILES string of the molecule is C=C(C)C(=O)OC(CO)c1ccc(C(CO)OC(=O)C(=C)C)cc1. The van der Waals surface area contributed by atoms with Crippen LogP contribution >= 0.6 is 0 Å². The maximum absolute atomic E-state index is 11.6. The van der Waals surface area contributed by atoms with Crippen molar-refractivity contribution in [1.82, 2.24) is 0 Å². The summed E-state index contributed by atoms with van der Waals surface area (Å²) in [4.78, 5) is 23.1. The number of hydrogen-bond acceptors (Lipinski definition) is 6. The molecule has 2 unspecified atom stereocenters. The van der Waals surface area contributed by atoms with Crippen molar-refractivity contribution in [2.24, 2.45) is 0 Å². The molecule has 24 heavy (non-hydrogen) atoms. The summed E-state index contributed by atoms with van der Waals surface area (Å²) < 4.78 is 10.3. The van der Waals surface area contributed by atoms with Gasteiger partial charge in [-0.1, -0.05) is 37.4 Å². The third-order valence-electron chi connectivity index (χ3n) is 3.21. The van der Waals surface area contributed by atoms with E-state index in [9.17, 15) is 19.8 Å². The molecule has 0 radical (unpaired) electrons. The monoisotopic (exact) mass is 334 g/mol. The lowest BCUT2D eigenvalue weighted by atomic mass is 10.0. The van der Waals surface area contributed by atoms with E-state index in [1.54, 1.807) is 24.3 Å². The Bertz CT molecular complexity index is 562. The van der Waals surface area contributed by atoms with E-state index < -0.39 is 24.1 Å². The second kappa shape index (κ2) is 9.00. The zero-order valence-corrected chi connectivity index (χ0v) is 13.8. The maximum Gasteiger partial charge on any atom is 0.333 e. The molecule has 0 aliphatic rings. The van der Waals surface area contributed by atoms with Gasteiger partial charge in [-0.15, -0.1) is 0 Å². The van der Waals surface area contributed by atoms with Crippen LogP contribution in [0, 0.1) is 0 Å². The van der Waals surface area contributed by atoms with Crippen molar-refractivity contribution in [3.63, 3.8) is 0 Å². The van der Waals surface area contributed by atoms with Gasteiger partial charge in [0.1, 0.15) is 0 Å². The molecule has 6 nitrogen and oxygen atoms in total. The third kappa shape index (κ3) is 5.33. The quantitative estimate of drug-likeness (QED) is 0.558. The van der Waals surface area contributed by atoms with E-state index in [0.717, 1.165) is 0 Å². The first-order valence-electron chi connectivity index (χ1n) is 7.34. The lowest BCUT2D eigenvalue weighted by molar-refractivity contribution is -0.147. The molecule has 0 amide bonds. The van der Waals surface area contributed by atoms with E-state index >= 15 is 0 Å². The lowest BCUT2D eigenvalue weighted by Crippen LogP contribution is -2.16. The zero-order valence-electron chi connectivity index (χ0n) is 13.8.